The van der Waals surface area contributed by atoms with E-state index in [4.69, 9.17) is 0 Å². The molecule has 2 aliphatic rings. The average molecular weight is 607 g/mol. The van der Waals surface area contributed by atoms with Gasteiger partial charge in [-0.1, -0.05) is 181 Å². The van der Waals surface area contributed by atoms with Gasteiger partial charge in [-0.15, -0.1) is 0 Å². The summed E-state index contributed by atoms with van der Waals surface area (Å²) in [6, 6.07) is 64.8. The predicted molar refractivity (Wildman–Crippen MR) is 197 cm³/mol. The van der Waals surface area contributed by atoms with Crippen LogP contribution in [0.25, 0.3) is 22.3 Å². The van der Waals surface area contributed by atoms with E-state index in [0.29, 0.717) is 0 Å². The van der Waals surface area contributed by atoms with Gasteiger partial charge >= 0.3 is 0 Å². The van der Waals surface area contributed by atoms with Gasteiger partial charge in [-0.3, -0.25) is 0 Å². The summed E-state index contributed by atoms with van der Waals surface area (Å²) in [5.41, 5.74) is 12.9. The molecule has 48 heavy (non-hydrogen) atoms. The van der Waals surface area contributed by atoms with E-state index in [-0.39, 0.29) is 0 Å². The molecule has 0 spiro atoms. The topological polar surface area (TPSA) is 0 Å². The molecule has 2 aliphatic carbocycles. The highest BCUT2D eigenvalue weighted by atomic mass is 14.5. The van der Waals surface area contributed by atoms with E-state index in [1.165, 1.54) is 44.5 Å². The third-order valence-electron chi connectivity index (χ3n) is 9.99. The third kappa shape index (κ3) is 4.14. The Morgan fingerprint density at radius 1 is 0.271 bits per heavy atom. The summed E-state index contributed by atoms with van der Waals surface area (Å²) in [4.78, 5) is 0. The first-order valence-electron chi connectivity index (χ1n) is 16.5. The highest BCUT2D eigenvalue weighted by molar-refractivity contribution is 5.88. The zero-order valence-corrected chi connectivity index (χ0v) is 26.3. The first kappa shape index (κ1) is 27.9. The molecule has 0 radical (unpaired) electrons. The zero-order chi connectivity index (χ0) is 32.0. The molecule has 0 fully saturated rings. The van der Waals surface area contributed by atoms with E-state index < -0.39 is 10.8 Å². The van der Waals surface area contributed by atoms with Crippen LogP contribution in [0.2, 0.25) is 0 Å². The summed E-state index contributed by atoms with van der Waals surface area (Å²) in [5.74, 6) is 14.8. The number of benzene rings is 7. The van der Waals surface area contributed by atoms with Crippen LogP contribution in [0.15, 0.2) is 182 Å². The SMILES string of the molecule is C(#CC1(c2ccc(C3(C#Cc4ccccc4)c4ccccc4-c4ccccc43)cc2)c2ccccc2-c2ccccc21)c1ccccc1. The van der Waals surface area contributed by atoms with Crippen molar-refractivity contribution in [3.63, 3.8) is 0 Å². The quantitative estimate of drug-likeness (QED) is 0.172. The lowest BCUT2D eigenvalue weighted by molar-refractivity contribution is 0.815. The van der Waals surface area contributed by atoms with Gasteiger partial charge in [0.25, 0.3) is 0 Å². The molecule has 0 saturated carbocycles. The molecular formula is C48H30. The van der Waals surface area contributed by atoms with Crippen LogP contribution in [0.4, 0.5) is 0 Å². The molecule has 0 nitrogen and oxygen atoms in total. The summed E-state index contributed by atoms with van der Waals surface area (Å²) < 4.78 is 0. The van der Waals surface area contributed by atoms with Crippen molar-refractivity contribution >= 4 is 0 Å². The molecule has 0 amide bonds. The van der Waals surface area contributed by atoms with E-state index in [9.17, 15) is 0 Å². The first-order chi connectivity index (χ1) is 23.8. The van der Waals surface area contributed by atoms with E-state index in [2.05, 4.69) is 194 Å². The minimum absolute atomic E-state index is 0.629. The van der Waals surface area contributed by atoms with Gasteiger partial charge in [-0.05, 0) is 79.9 Å². The lowest BCUT2D eigenvalue weighted by Gasteiger charge is -2.30. The Morgan fingerprint density at radius 2 is 0.542 bits per heavy atom. The van der Waals surface area contributed by atoms with E-state index in [1.54, 1.807) is 0 Å². The van der Waals surface area contributed by atoms with Crippen LogP contribution in [-0.2, 0) is 10.8 Å². The van der Waals surface area contributed by atoms with E-state index in [0.717, 1.165) is 22.3 Å². The molecule has 7 aromatic rings. The zero-order valence-electron chi connectivity index (χ0n) is 26.3. The fourth-order valence-electron chi connectivity index (χ4n) is 7.85. The molecule has 222 valence electrons. The van der Waals surface area contributed by atoms with Crippen molar-refractivity contribution in [1.29, 1.82) is 0 Å². The second-order valence-corrected chi connectivity index (χ2v) is 12.5. The Bertz CT molecular complexity index is 2180. The van der Waals surface area contributed by atoms with Gasteiger partial charge in [-0.25, -0.2) is 0 Å². The van der Waals surface area contributed by atoms with Gasteiger partial charge in [0.05, 0.1) is 0 Å². The first-order valence-corrected chi connectivity index (χ1v) is 16.5. The highest BCUT2D eigenvalue weighted by Crippen LogP contribution is 2.55. The Labute approximate surface area is 282 Å². The van der Waals surface area contributed by atoms with Gasteiger partial charge in [0.2, 0.25) is 0 Å². The molecule has 0 heteroatoms. The Morgan fingerprint density at radius 3 is 0.854 bits per heavy atom. The van der Waals surface area contributed by atoms with Gasteiger partial charge in [0.15, 0.2) is 0 Å². The van der Waals surface area contributed by atoms with Crippen molar-refractivity contribution in [2.24, 2.45) is 0 Å². The fourth-order valence-corrected chi connectivity index (χ4v) is 7.85. The predicted octanol–water partition coefficient (Wildman–Crippen LogP) is 10.4. The molecule has 0 bridgehead atoms. The number of fused-ring (bicyclic) bond motifs is 6. The van der Waals surface area contributed by atoms with Crippen LogP contribution in [0, 0.1) is 23.7 Å². The van der Waals surface area contributed by atoms with Crippen molar-refractivity contribution in [2.45, 2.75) is 10.8 Å². The van der Waals surface area contributed by atoms with E-state index in [1.807, 2.05) is 12.1 Å². The molecule has 0 atom stereocenters. The molecule has 0 aromatic heterocycles. The van der Waals surface area contributed by atoms with Gasteiger partial charge in [-0.2, -0.15) is 0 Å². The smallest absolute Gasteiger partial charge is 0.0764 e. The Kier molecular flexibility index (Phi) is 6.50. The van der Waals surface area contributed by atoms with Gasteiger partial charge < -0.3 is 0 Å². The summed E-state index contributed by atoms with van der Waals surface area (Å²) in [6.07, 6.45) is 0. The minimum atomic E-state index is -0.629. The van der Waals surface area contributed by atoms with Crippen LogP contribution >= 0.6 is 0 Å². The van der Waals surface area contributed by atoms with Crippen molar-refractivity contribution < 1.29 is 0 Å². The molecule has 7 aromatic carbocycles. The van der Waals surface area contributed by atoms with Gasteiger partial charge in [0, 0.05) is 11.1 Å². The van der Waals surface area contributed by atoms with Gasteiger partial charge in [0.1, 0.15) is 10.8 Å². The normalized spacial score (nSPS) is 13.8. The second-order valence-electron chi connectivity index (χ2n) is 12.5. The van der Waals surface area contributed by atoms with Crippen LogP contribution in [0.5, 0.6) is 0 Å². The summed E-state index contributed by atoms with van der Waals surface area (Å²) in [5, 5.41) is 0. The molecule has 0 N–H and O–H groups in total. The maximum Gasteiger partial charge on any atom is 0.108 e. The molecule has 0 heterocycles. The molecule has 0 saturated heterocycles. The second kappa shape index (κ2) is 11.2. The average Bonchev–Trinajstić information content (AvgIpc) is 3.62. The molecule has 9 rings (SSSR count). The third-order valence-corrected chi connectivity index (χ3v) is 9.99. The molecule has 0 unspecified atom stereocenters. The maximum absolute atomic E-state index is 3.84. The largest absolute Gasteiger partial charge is 0.108 e. The lowest BCUT2D eigenvalue weighted by Crippen LogP contribution is -2.27. The minimum Gasteiger partial charge on any atom is -0.0764 e. The maximum atomic E-state index is 3.84. The standard InChI is InChI=1S/C48H30/c1-3-15-35(16-4-1)31-33-47(43-23-11-7-19-39(43)40-20-8-12-24-44(40)47)37-27-29-38(30-28-37)48(34-32-36-17-5-2-6-18-36)45-25-13-9-21-41(45)42-22-10-14-26-46(42)48/h1-30H. The molecular weight excluding hydrogens is 577 g/mol. The highest BCUT2D eigenvalue weighted by Gasteiger charge is 2.46. The lowest BCUT2D eigenvalue weighted by atomic mass is 9.70. The number of hydrogen-bond donors (Lipinski definition) is 0. The summed E-state index contributed by atoms with van der Waals surface area (Å²) in [6.45, 7) is 0. The monoisotopic (exact) mass is 606 g/mol. The summed E-state index contributed by atoms with van der Waals surface area (Å²) >= 11 is 0. The van der Waals surface area contributed by atoms with Crippen molar-refractivity contribution in [2.75, 3.05) is 0 Å². The van der Waals surface area contributed by atoms with Crippen molar-refractivity contribution in [3.05, 3.63) is 226 Å². The number of hydrogen-bond acceptors (Lipinski definition) is 0. The van der Waals surface area contributed by atoms with Crippen molar-refractivity contribution in [3.8, 4) is 45.9 Å². The Hall–Kier alpha value is -6.34. The van der Waals surface area contributed by atoms with Crippen LogP contribution in [-0.4, -0.2) is 0 Å². The van der Waals surface area contributed by atoms with Crippen LogP contribution in [0.3, 0.4) is 0 Å². The summed E-state index contributed by atoms with van der Waals surface area (Å²) in [7, 11) is 0. The van der Waals surface area contributed by atoms with Crippen LogP contribution < -0.4 is 0 Å². The van der Waals surface area contributed by atoms with Crippen molar-refractivity contribution in [1.82, 2.24) is 0 Å². The number of rotatable bonds is 2. The van der Waals surface area contributed by atoms with Crippen LogP contribution in [0.1, 0.15) is 44.5 Å². The fraction of sp³-hybridized carbons (Fsp3) is 0.0417. The Balaban J connectivity index is 1.29. The molecule has 0 aliphatic heterocycles. The van der Waals surface area contributed by atoms with E-state index >= 15 is 0 Å².